The van der Waals surface area contributed by atoms with Gasteiger partial charge in [0.2, 0.25) is 10.0 Å². The third-order valence-electron chi connectivity index (χ3n) is 5.85. The molecule has 0 aromatic heterocycles. The van der Waals surface area contributed by atoms with Crippen LogP contribution < -0.4 is 15.4 Å². The van der Waals surface area contributed by atoms with E-state index in [1.165, 1.54) is 31.4 Å². The topological polar surface area (TPSA) is 108 Å². The van der Waals surface area contributed by atoms with Crippen molar-refractivity contribution in [2.45, 2.75) is 81.8 Å². The van der Waals surface area contributed by atoms with E-state index in [-0.39, 0.29) is 35.0 Å². The summed E-state index contributed by atoms with van der Waals surface area (Å²) in [6.07, 6.45) is 7.07. The molecular weight excluding hydrogens is 416 g/mol. The predicted octanol–water partition coefficient (Wildman–Crippen LogP) is 2.61. The Morgan fingerprint density at radius 2 is 1.61 bits per heavy atom. The summed E-state index contributed by atoms with van der Waals surface area (Å²) >= 11 is 0. The minimum atomic E-state index is -3.66. The molecule has 3 rings (SSSR count). The van der Waals surface area contributed by atoms with Crippen LogP contribution in [-0.2, 0) is 10.0 Å². The second kappa shape index (κ2) is 10.5. The molecule has 1 saturated carbocycles. The Bertz CT molecular complexity index is 873. The summed E-state index contributed by atoms with van der Waals surface area (Å²) in [4.78, 5) is 27.1. The quantitative estimate of drug-likeness (QED) is 0.619. The summed E-state index contributed by atoms with van der Waals surface area (Å²) in [7, 11) is -3.66. The summed E-state index contributed by atoms with van der Waals surface area (Å²) in [5.74, 6) is -0.299. The molecule has 8 nitrogen and oxygen atoms in total. The SMILES string of the molecule is CC(C)NS(=O)(=O)c1cccc(C(=O)NC2CCN(C(=O)NC3CCCCC3)CC2)c1. The molecule has 9 heteroatoms. The van der Waals surface area contributed by atoms with Crippen molar-refractivity contribution in [1.82, 2.24) is 20.3 Å². The maximum Gasteiger partial charge on any atom is 0.317 e. The van der Waals surface area contributed by atoms with Crippen LogP contribution in [0.3, 0.4) is 0 Å². The van der Waals surface area contributed by atoms with Crippen LogP contribution in [0, 0.1) is 0 Å². The smallest absolute Gasteiger partial charge is 0.317 e. The highest BCUT2D eigenvalue weighted by molar-refractivity contribution is 7.89. The van der Waals surface area contributed by atoms with Gasteiger partial charge in [-0.05, 0) is 57.7 Å². The van der Waals surface area contributed by atoms with Crippen LogP contribution in [-0.4, -0.2) is 56.5 Å². The lowest BCUT2D eigenvalue weighted by molar-refractivity contribution is 0.0917. The van der Waals surface area contributed by atoms with E-state index in [2.05, 4.69) is 15.4 Å². The highest BCUT2D eigenvalue weighted by Crippen LogP contribution is 2.19. The molecule has 0 spiro atoms. The molecule has 3 amide bonds. The normalized spacial score (nSPS) is 18.7. The van der Waals surface area contributed by atoms with Crippen molar-refractivity contribution >= 4 is 22.0 Å². The molecule has 2 aliphatic rings. The second-order valence-corrected chi connectivity index (χ2v) is 10.5. The molecule has 0 radical (unpaired) electrons. The van der Waals surface area contributed by atoms with Gasteiger partial charge in [-0.2, -0.15) is 0 Å². The van der Waals surface area contributed by atoms with Gasteiger partial charge in [0.15, 0.2) is 0 Å². The van der Waals surface area contributed by atoms with E-state index in [1.807, 2.05) is 4.90 Å². The zero-order chi connectivity index (χ0) is 22.4. The Balaban J connectivity index is 1.51. The average molecular weight is 451 g/mol. The largest absolute Gasteiger partial charge is 0.349 e. The van der Waals surface area contributed by atoms with Crippen LogP contribution in [0.25, 0.3) is 0 Å². The van der Waals surface area contributed by atoms with E-state index < -0.39 is 10.0 Å². The number of carbonyl (C=O) groups is 2. The summed E-state index contributed by atoms with van der Waals surface area (Å²) in [6, 6.07) is 6.05. The molecule has 0 bridgehead atoms. The van der Waals surface area contributed by atoms with Gasteiger partial charge in [0.05, 0.1) is 4.90 Å². The molecule has 2 fully saturated rings. The lowest BCUT2D eigenvalue weighted by atomic mass is 9.95. The van der Waals surface area contributed by atoms with Gasteiger partial charge in [-0.1, -0.05) is 25.3 Å². The monoisotopic (exact) mass is 450 g/mol. The molecular formula is C22H34N4O4S. The first-order chi connectivity index (χ1) is 14.7. The molecule has 31 heavy (non-hydrogen) atoms. The van der Waals surface area contributed by atoms with Crippen molar-refractivity contribution in [2.75, 3.05) is 13.1 Å². The Kier molecular flexibility index (Phi) is 7.94. The predicted molar refractivity (Wildman–Crippen MR) is 119 cm³/mol. The number of hydrogen-bond donors (Lipinski definition) is 3. The van der Waals surface area contributed by atoms with Crippen molar-refractivity contribution in [2.24, 2.45) is 0 Å². The van der Waals surface area contributed by atoms with Gasteiger partial charge in [-0.3, -0.25) is 4.79 Å². The number of amides is 3. The summed E-state index contributed by atoms with van der Waals surface area (Å²) in [5, 5.41) is 6.12. The molecule has 0 unspecified atom stereocenters. The number of carbonyl (C=O) groups excluding carboxylic acids is 2. The fraction of sp³-hybridized carbons (Fsp3) is 0.636. The lowest BCUT2D eigenvalue weighted by Crippen LogP contribution is -2.51. The van der Waals surface area contributed by atoms with Crippen LogP contribution >= 0.6 is 0 Å². The highest BCUT2D eigenvalue weighted by Gasteiger charge is 2.26. The fourth-order valence-electron chi connectivity index (χ4n) is 4.19. The van der Waals surface area contributed by atoms with Crippen LogP contribution in [0.2, 0.25) is 0 Å². The average Bonchev–Trinajstić information content (AvgIpc) is 2.74. The van der Waals surface area contributed by atoms with Gasteiger partial charge in [0, 0.05) is 36.8 Å². The minimum Gasteiger partial charge on any atom is -0.349 e. The van der Waals surface area contributed by atoms with E-state index in [0.29, 0.717) is 31.5 Å². The number of nitrogens with zero attached hydrogens (tertiary/aromatic N) is 1. The van der Waals surface area contributed by atoms with Crippen molar-refractivity contribution in [1.29, 1.82) is 0 Å². The second-order valence-electron chi connectivity index (χ2n) is 8.82. The number of rotatable bonds is 6. The number of hydrogen-bond acceptors (Lipinski definition) is 4. The van der Waals surface area contributed by atoms with Crippen molar-refractivity contribution in [3.8, 4) is 0 Å². The first kappa shape index (κ1) is 23.5. The van der Waals surface area contributed by atoms with E-state index in [4.69, 9.17) is 0 Å². The number of urea groups is 1. The van der Waals surface area contributed by atoms with Crippen molar-refractivity contribution in [3.05, 3.63) is 29.8 Å². The third-order valence-corrected chi connectivity index (χ3v) is 7.50. The number of nitrogens with one attached hydrogen (secondary N) is 3. The van der Waals surface area contributed by atoms with Gasteiger partial charge in [-0.15, -0.1) is 0 Å². The number of sulfonamides is 1. The lowest BCUT2D eigenvalue weighted by Gasteiger charge is -2.34. The summed E-state index contributed by atoms with van der Waals surface area (Å²) < 4.78 is 27.3. The fourth-order valence-corrected chi connectivity index (χ4v) is 5.49. The van der Waals surface area contributed by atoms with Gasteiger partial charge >= 0.3 is 6.03 Å². The molecule has 1 aromatic carbocycles. The summed E-state index contributed by atoms with van der Waals surface area (Å²) in [6.45, 7) is 4.68. The third kappa shape index (κ3) is 6.67. The van der Waals surface area contributed by atoms with E-state index in [1.54, 1.807) is 26.0 Å². The van der Waals surface area contributed by atoms with Gasteiger partial charge in [0.1, 0.15) is 0 Å². The molecule has 0 atom stereocenters. The van der Waals surface area contributed by atoms with Crippen LogP contribution in [0.15, 0.2) is 29.2 Å². The van der Waals surface area contributed by atoms with Crippen LogP contribution in [0.5, 0.6) is 0 Å². The van der Waals surface area contributed by atoms with Gasteiger partial charge < -0.3 is 15.5 Å². The number of likely N-dealkylation sites (tertiary alicyclic amines) is 1. The zero-order valence-corrected chi connectivity index (χ0v) is 19.2. The standard InChI is InChI=1S/C22H34N4O4S/c1-16(2)25-31(29,30)20-10-6-7-17(15-20)21(27)23-19-11-13-26(14-12-19)22(28)24-18-8-4-3-5-9-18/h6-7,10,15-16,18-19,25H,3-5,8-9,11-14H2,1-2H3,(H,23,27)(H,24,28). The molecule has 1 aromatic rings. The molecule has 172 valence electrons. The van der Waals surface area contributed by atoms with Gasteiger partial charge in [0.25, 0.3) is 5.91 Å². The zero-order valence-electron chi connectivity index (χ0n) is 18.4. The molecule has 1 aliphatic heterocycles. The molecule has 3 N–H and O–H groups in total. The Hall–Kier alpha value is -2.13. The van der Waals surface area contributed by atoms with E-state index in [0.717, 1.165) is 12.8 Å². The first-order valence-corrected chi connectivity index (χ1v) is 12.7. The maximum absolute atomic E-state index is 12.7. The summed E-state index contributed by atoms with van der Waals surface area (Å²) in [5.41, 5.74) is 0.309. The minimum absolute atomic E-state index is 0.00719. The Morgan fingerprint density at radius 3 is 2.26 bits per heavy atom. The molecule has 1 saturated heterocycles. The molecule has 1 aliphatic carbocycles. The number of benzene rings is 1. The van der Waals surface area contributed by atoms with Crippen molar-refractivity contribution < 1.29 is 18.0 Å². The molecule has 1 heterocycles. The van der Waals surface area contributed by atoms with Crippen molar-refractivity contribution in [3.63, 3.8) is 0 Å². The van der Waals surface area contributed by atoms with Crippen LogP contribution in [0.4, 0.5) is 4.79 Å². The first-order valence-electron chi connectivity index (χ1n) is 11.2. The number of piperidine rings is 1. The maximum atomic E-state index is 12.7. The van der Waals surface area contributed by atoms with Crippen LogP contribution in [0.1, 0.15) is 69.2 Å². The van der Waals surface area contributed by atoms with E-state index >= 15 is 0 Å². The Morgan fingerprint density at radius 1 is 0.968 bits per heavy atom. The van der Waals surface area contributed by atoms with Gasteiger partial charge in [-0.25, -0.2) is 17.9 Å². The van der Waals surface area contributed by atoms with E-state index in [9.17, 15) is 18.0 Å². The highest BCUT2D eigenvalue weighted by atomic mass is 32.2. The Labute approximate surface area is 185 Å².